The Bertz CT molecular complexity index is 465. The quantitative estimate of drug-likeness (QED) is 0.873. The van der Waals surface area contributed by atoms with Crippen molar-refractivity contribution < 1.29 is 14.7 Å². The van der Waals surface area contributed by atoms with E-state index < -0.39 is 11.9 Å². The van der Waals surface area contributed by atoms with E-state index in [1.54, 1.807) is 18.2 Å². The fraction of sp³-hybridized carbons (Fsp3) is 0.429. The minimum Gasteiger partial charge on any atom is -0.481 e. The van der Waals surface area contributed by atoms with Gasteiger partial charge in [-0.05, 0) is 36.6 Å². The van der Waals surface area contributed by atoms with Crippen molar-refractivity contribution in [1.29, 1.82) is 0 Å². The molecule has 5 heteroatoms. The Balaban J connectivity index is 2.72. The number of nitrogens with one attached hydrogen (secondary N) is 1. The van der Waals surface area contributed by atoms with E-state index in [4.69, 9.17) is 16.7 Å². The van der Waals surface area contributed by atoms with Crippen LogP contribution in [0.1, 0.15) is 29.8 Å². The Hall–Kier alpha value is -1.55. The first kappa shape index (κ1) is 15.5. The standard InChI is InChI=1S/C14H18ClNO3/c1-8(2)12(14(18)19)7-16-13(17)10-4-9(3)5-11(15)6-10/h4-6,8,12H,7H2,1-3H3,(H,16,17)(H,18,19). The van der Waals surface area contributed by atoms with Crippen molar-refractivity contribution >= 4 is 23.5 Å². The van der Waals surface area contributed by atoms with Gasteiger partial charge in [-0.15, -0.1) is 0 Å². The molecule has 1 rings (SSSR count). The Morgan fingerprint density at radius 2 is 1.95 bits per heavy atom. The molecular formula is C14H18ClNO3. The molecule has 104 valence electrons. The number of carbonyl (C=O) groups is 2. The zero-order valence-electron chi connectivity index (χ0n) is 11.2. The molecule has 4 nitrogen and oxygen atoms in total. The van der Waals surface area contributed by atoms with Crippen LogP contribution >= 0.6 is 11.6 Å². The number of benzene rings is 1. The van der Waals surface area contributed by atoms with Gasteiger partial charge in [-0.1, -0.05) is 25.4 Å². The van der Waals surface area contributed by atoms with Gasteiger partial charge in [0.2, 0.25) is 0 Å². The largest absolute Gasteiger partial charge is 0.481 e. The highest BCUT2D eigenvalue weighted by Gasteiger charge is 2.22. The SMILES string of the molecule is Cc1cc(Cl)cc(C(=O)NCC(C(=O)O)C(C)C)c1. The number of rotatable bonds is 5. The van der Waals surface area contributed by atoms with Crippen molar-refractivity contribution in [2.24, 2.45) is 11.8 Å². The van der Waals surface area contributed by atoms with Crippen LogP contribution in [-0.4, -0.2) is 23.5 Å². The fourth-order valence-corrected chi connectivity index (χ4v) is 2.07. The van der Waals surface area contributed by atoms with Crippen molar-refractivity contribution in [3.63, 3.8) is 0 Å². The van der Waals surface area contributed by atoms with E-state index in [-0.39, 0.29) is 18.4 Å². The summed E-state index contributed by atoms with van der Waals surface area (Å²) in [4.78, 5) is 23.0. The molecule has 1 aromatic rings. The Morgan fingerprint density at radius 3 is 2.42 bits per heavy atom. The number of aryl methyl sites for hydroxylation is 1. The molecule has 2 N–H and O–H groups in total. The molecule has 0 fully saturated rings. The highest BCUT2D eigenvalue weighted by atomic mass is 35.5. The third kappa shape index (κ3) is 4.56. The summed E-state index contributed by atoms with van der Waals surface area (Å²) in [5.74, 6) is -1.85. The zero-order valence-corrected chi connectivity index (χ0v) is 12.0. The molecular weight excluding hydrogens is 266 g/mol. The van der Waals surface area contributed by atoms with E-state index in [1.807, 2.05) is 20.8 Å². The second-order valence-electron chi connectivity index (χ2n) is 4.92. The van der Waals surface area contributed by atoms with E-state index in [9.17, 15) is 9.59 Å². The molecule has 0 bridgehead atoms. The van der Waals surface area contributed by atoms with Gasteiger partial charge in [0.1, 0.15) is 0 Å². The van der Waals surface area contributed by atoms with Crippen LogP contribution in [0.3, 0.4) is 0 Å². The summed E-state index contributed by atoms with van der Waals surface area (Å²) in [6, 6.07) is 5.04. The number of amides is 1. The number of aliphatic carboxylic acids is 1. The van der Waals surface area contributed by atoms with Gasteiger partial charge in [-0.3, -0.25) is 9.59 Å². The van der Waals surface area contributed by atoms with Crippen LogP contribution in [0, 0.1) is 18.8 Å². The fourth-order valence-electron chi connectivity index (χ4n) is 1.78. The highest BCUT2D eigenvalue weighted by molar-refractivity contribution is 6.31. The van der Waals surface area contributed by atoms with Gasteiger partial charge in [-0.25, -0.2) is 0 Å². The summed E-state index contributed by atoms with van der Waals surface area (Å²) in [6.07, 6.45) is 0. The van der Waals surface area contributed by atoms with Gasteiger partial charge < -0.3 is 10.4 Å². The van der Waals surface area contributed by atoms with Gasteiger partial charge in [0, 0.05) is 17.1 Å². The maximum atomic E-state index is 11.9. The van der Waals surface area contributed by atoms with Crippen LogP contribution in [0.2, 0.25) is 5.02 Å². The molecule has 1 atom stereocenters. The summed E-state index contributed by atoms with van der Waals surface area (Å²) in [5.41, 5.74) is 1.33. The van der Waals surface area contributed by atoms with E-state index >= 15 is 0 Å². The van der Waals surface area contributed by atoms with Gasteiger partial charge in [0.15, 0.2) is 0 Å². The average Bonchev–Trinajstić information content (AvgIpc) is 2.26. The molecule has 19 heavy (non-hydrogen) atoms. The molecule has 0 radical (unpaired) electrons. The van der Waals surface area contributed by atoms with Crippen molar-refractivity contribution in [3.8, 4) is 0 Å². The van der Waals surface area contributed by atoms with Gasteiger partial charge in [0.25, 0.3) is 5.91 Å². The monoisotopic (exact) mass is 283 g/mol. The maximum absolute atomic E-state index is 11.9. The van der Waals surface area contributed by atoms with Crippen molar-refractivity contribution in [2.75, 3.05) is 6.54 Å². The molecule has 1 amide bonds. The minimum atomic E-state index is -0.905. The smallest absolute Gasteiger partial charge is 0.308 e. The molecule has 0 heterocycles. The molecule has 0 saturated heterocycles. The second kappa shape index (κ2) is 6.57. The van der Waals surface area contributed by atoms with Crippen LogP contribution in [0.25, 0.3) is 0 Å². The van der Waals surface area contributed by atoms with Crippen LogP contribution in [-0.2, 0) is 4.79 Å². The first-order valence-electron chi connectivity index (χ1n) is 6.09. The zero-order chi connectivity index (χ0) is 14.6. The van der Waals surface area contributed by atoms with Crippen LogP contribution < -0.4 is 5.32 Å². The molecule has 0 aliphatic heterocycles. The lowest BCUT2D eigenvalue weighted by atomic mass is 9.96. The van der Waals surface area contributed by atoms with E-state index in [1.165, 1.54) is 0 Å². The summed E-state index contributed by atoms with van der Waals surface area (Å²) >= 11 is 5.88. The highest BCUT2D eigenvalue weighted by Crippen LogP contribution is 2.15. The number of hydrogen-bond donors (Lipinski definition) is 2. The lowest BCUT2D eigenvalue weighted by Crippen LogP contribution is -2.35. The third-order valence-corrected chi connectivity index (χ3v) is 3.13. The maximum Gasteiger partial charge on any atom is 0.308 e. The summed E-state index contributed by atoms with van der Waals surface area (Å²) in [6.45, 7) is 5.58. The summed E-state index contributed by atoms with van der Waals surface area (Å²) in [5, 5.41) is 12.2. The Kier molecular flexibility index (Phi) is 5.36. The normalized spacial score (nSPS) is 12.3. The van der Waals surface area contributed by atoms with E-state index in [0.29, 0.717) is 10.6 Å². The van der Waals surface area contributed by atoms with Gasteiger partial charge >= 0.3 is 5.97 Å². The number of halogens is 1. The molecule has 1 unspecified atom stereocenters. The second-order valence-corrected chi connectivity index (χ2v) is 5.35. The van der Waals surface area contributed by atoms with Crippen molar-refractivity contribution in [1.82, 2.24) is 5.32 Å². The Morgan fingerprint density at radius 1 is 1.32 bits per heavy atom. The predicted octanol–water partition coefficient (Wildman–Crippen LogP) is 2.74. The lowest BCUT2D eigenvalue weighted by molar-refractivity contribution is -0.142. The van der Waals surface area contributed by atoms with Crippen LogP contribution in [0.4, 0.5) is 0 Å². The van der Waals surface area contributed by atoms with Gasteiger partial charge in [-0.2, -0.15) is 0 Å². The Labute approximate surface area is 117 Å². The topological polar surface area (TPSA) is 66.4 Å². The van der Waals surface area contributed by atoms with Gasteiger partial charge in [0.05, 0.1) is 5.92 Å². The molecule has 0 spiro atoms. The third-order valence-electron chi connectivity index (χ3n) is 2.91. The summed E-state index contributed by atoms with van der Waals surface area (Å²) in [7, 11) is 0. The van der Waals surface area contributed by atoms with Crippen molar-refractivity contribution in [2.45, 2.75) is 20.8 Å². The lowest BCUT2D eigenvalue weighted by Gasteiger charge is -2.16. The number of carboxylic acid groups (broad SMARTS) is 1. The predicted molar refractivity (Wildman–Crippen MR) is 74.5 cm³/mol. The minimum absolute atomic E-state index is 0.0427. The van der Waals surface area contributed by atoms with E-state index in [2.05, 4.69) is 5.32 Å². The average molecular weight is 284 g/mol. The number of carboxylic acids is 1. The molecule has 1 aromatic carbocycles. The molecule has 0 aliphatic rings. The molecule has 0 saturated carbocycles. The van der Waals surface area contributed by atoms with Crippen LogP contribution in [0.15, 0.2) is 18.2 Å². The molecule has 0 aliphatic carbocycles. The number of carbonyl (C=O) groups excluding carboxylic acids is 1. The number of hydrogen-bond acceptors (Lipinski definition) is 2. The first-order valence-corrected chi connectivity index (χ1v) is 6.47. The van der Waals surface area contributed by atoms with Crippen molar-refractivity contribution in [3.05, 3.63) is 34.3 Å². The first-order chi connectivity index (χ1) is 8.81. The van der Waals surface area contributed by atoms with Crippen LogP contribution in [0.5, 0.6) is 0 Å². The summed E-state index contributed by atoms with van der Waals surface area (Å²) < 4.78 is 0. The van der Waals surface area contributed by atoms with E-state index in [0.717, 1.165) is 5.56 Å². The molecule has 0 aromatic heterocycles.